The minimum absolute atomic E-state index is 0.126. The van der Waals surface area contributed by atoms with E-state index in [9.17, 15) is 0 Å². The number of nitrogens with two attached hydrogens (primary N) is 1. The van der Waals surface area contributed by atoms with E-state index in [0.29, 0.717) is 6.61 Å². The Labute approximate surface area is 102 Å². The Kier molecular flexibility index (Phi) is 10.0. The molecule has 2 N–H and O–H groups in total. The van der Waals surface area contributed by atoms with E-state index >= 15 is 0 Å². The molecule has 0 spiro atoms. The Bertz CT molecular complexity index is 146. The summed E-state index contributed by atoms with van der Waals surface area (Å²) in [4.78, 5) is 0. The zero-order chi connectivity index (χ0) is 12.3. The molecular weight excluding hydrogens is 198 g/mol. The van der Waals surface area contributed by atoms with Crippen molar-refractivity contribution in [3.63, 3.8) is 0 Å². The lowest BCUT2D eigenvalue weighted by atomic mass is 9.96. The van der Waals surface area contributed by atoms with Gasteiger partial charge in [-0.1, -0.05) is 51.9 Å². The van der Waals surface area contributed by atoms with Crippen LogP contribution in [0.25, 0.3) is 0 Å². The third-order valence-corrected chi connectivity index (χ3v) is 2.99. The molecule has 0 aromatic rings. The van der Waals surface area contributed by atoms with Crippen LogP contribution in [-0.4, -0.2) is 18.8 Å². The Morgan fingerprint density at radius 1 is 0.938 bits per heavy atom. The smallest absolute Gasteiger partial charge is 0.0643 e. The van der Waals surface area contributed by atoms with Crippen LogP contribution in [0.5, 0.6) is 0 Å². The Balaban J connectivity index is 3.29. The van der Waals surface area contributed by atoms with E-state index in [2.05, 4.69) is 13.8 Å². The summed E-state index contributed by atoms with van der Waals surface area (Å²) in [6.07, 6.45) is 10.5. The first kappa shape index (κ1) is 15.9. The Hall–Kier alpha value is -0.0800. The third-order valence-electron chi connectivity index (χ3n) is 2.99. The summed E-state index contributed by atoms with van der Waals surface area (Å²) in [6.45, 7) is 7.83. The van der Waals surface area contributed by atoms with Gasteiger partial charge in [0.15, 0.2) is 0 Å². The standard InChI is InChI=1S/C14H31NO/c1-4-6-7-8-9-10-11-12-14(3,15)13-16-5-2/h4-13,15H2,1-3H3. The van der Waals surface area contributed by atoms with Crippen LogP contribution in [0.3, 0.4) is 0 Å². The Morgan fingerprint density at radius 3 is 2.06 bits per heavy atom. The molecule has 0 radical (unpaired) electrons. The summed E-state index contributed by atoms with van der Waals surface area (Å²) >= 11 is 0. The number of hydrogen-bond donors (Lipinski definition) is 1. The van der Waals surface area contributed by atoms with Gasteiger partial charge in [-0.05, 0) is 20.3 Å². The molecule has 1 atom stereocenters. The normalized spacial score (nSPS) is 15.0. The van der Waals surface area contributed by atoms with Crippen molar-refractivity contribution >= 4 is 0 Å². The summed E-state index contributed by atoms with van der Waals surface area (Å²) in [7, 11) is 0. The fourth-order valence-electron chi connectivity index (χ4n) is 1.89. The van der Waals surface area contributed by atoms with Crippen molar-refractivity contribution in [2.45, 2.75) is 77.7 Å². The molecule has 1 unspecified atom stereocenters. The number of rotatable bonds is 11. The van der Waals surface area contributed by atoms with Crippen LogP contribution >= 0.6 is 0 Å². The average molecular weight is 229 g/mol. The summed E-state index contributed by atoms with van der Waals surface area (Å²) in [5.74, 6) is 0. The van der Waals surface area contributed by atoms with E-state index < -0.39 is 0 Å². The molecule has 2 heteroatoms. The highest BCUT2D eigenvalue weighted by Gasteiger charge is 2.17. The van der Waals surface area contributed by atoms with Crippen molar-refractivity contribution in [3.8, 4) is 0 Å². The molecule has 0 bridgehead atoms. The summed E-state index contributed by atoms with van der Waals surface area (Å²) < 4.78 is 5.38. The molecule has 98 valence electrons. The highest BCUT2D eigenvalue weighted by Crippen LogP contribution is 2.14. The quantitative estimate of drug-likeness (QED) is 0.546. The molecule has 0 rings (SSSR count). The van der Waals surface area contributed by atoms with Gasteiger partial charge in [-0.25, -0.2) is 0 Å². The van der Waals surface area contributed by atoms with E-state index in [0.717, 1.165) is 13.0 Å². The summed E-state index contributed by atoms with van der Waals surface area (Å²) in [5.41, 5.74) is 6.01. The van der Waals surface area contributed by atoms with Crippen molar-refractivity contribution in [2.24, 2.45) is 5.73 Å². The molecule has 0 aliphatic heterocycles. The van der Waals surface area contributed by atoms with Crippen molar-refractivity contribution < 1.29 is 4.74 Å². The van der Waals surface area contributed by atoms with E-state index in [4.69, 9.17) is 10.5 Å². The molecule has 0 aliphatic carbocycles. The van der Waals surface area contributed by atoms with Gasteiger partial charge < -0.3 is 10.5 Å². The van der Waals surface area contributed by atoms with Gasteiger partial charge in [-0.15, -0.1) is 0 Å². The fraction of sp³-hybridized carbons (Fsp3) is 1.00. The zero-order valence-electron chi connectivity index (χ0n) is 11.6. The van der Waals surface area contributed by atoms with Crippen LogP contribution in [0.1, 0.15) is 72.1 Å². The van der Waals surface area contributed by atoms with Gasteiger partial charge in [-0.2, -0.15) is 0 Å². The van der Waals surface area contributed by atoms with Crippen LogP contribution in [0.2, 0.25) is 0 Å². The number of unbranched alkanes of at least 4 members (excludes halogenated alkanes) is 6. The van der Waals surface area contributed by atoms with E-state index in [-0.39, 0.29) is 5.54 Å². The van der Waals surface area contributed by atoms with Crippen molar-refractivity contribution in [1.82, 2.24) is 0 Å². The molecule has 0 aliphatic rings. The van der Waals surface area contributed by atoms with Gasteiger partial charge in [-0.3, -0.25) is 0 Å². The molecule has 0 amide bonds. The summed E-state index contributed by atoms with van der Waals surface area (Å²) in [6, 6.07) is 0. The van der Waals surface area contributed by atoms with Crippen LogP contribution in [0, 0.1) is 0 Å². The SMILES string of the molecule is CCCCCCCCCC(C)(N)COCC. The zero-order valence-corrected chi connectivity index (χ0v) is 11.6. The van der Waals surface area contributed by atoms with Gasteiger partial charge in [0.2, 0.25) is 0 Å². The second-order valence-corrected chi connectivity index (χ2v) is 5.16. The molecule has 16 heavy (non-hydrogen) atoms. The molecule has 0 heterocycles. The highest BCUT2D eigenvalue weighted by molar-refractivity contribution is 4.77. The largest absolute Gasteiger partial charge is 0.380 e. The van der Waals surface area contributed by atoms with Crippen molar-refractivity contribution in [3.05, 3.63) is 0 Å². The number of hydrogen-bond acceptors (Lipinski definition) is 2. The van der Waals surface area contributed by atoms with Gasteiger partial charge in [0, 0.05) is 12.1 Å². The van der Waals surface area contributed by atoms with Gasteiger partial charge in [0.25, 0.3) is 0 Å². The predicted molar refractivity (Wildman–Crippen MR) is 71.7 cm³/mol. The van der Waals surface area contributed by atoms with Gasteiger partial charge in [0.1, 0.15) is 0 Å². The minimum Gasteiger partial charge on any atom is -0.380 e. The first-order valence-electron chi connectivity index (χ1n) is 6.99. The maximum Gasteiger partial charge on any atom is 0.0643 e. The third kappa shape index (κ3) is 10.4. The molecule has 0 saturated heterocycles. The lowest BCUT2D eigenvalue weighted by Gasteiger charge is -2.24. The highest BCUT2D eigenvalue weighted by atomic mass is 16.5. The van der Waals surface area contributed by atoms with Crippen LogP contribution in [0.4, 0.5) is 0 Å². The average Bonchev–Trinajstić information content (AvgIpc) is 2.25. The second kappa shape index (κ2) is 10.1. The predicted octanol–water partition coefficient (Wildman–Crippen LogP) is 3.88. The Morgan fingerprint density at radius 2 is 1.50 bits per heavy atom. The second-order valence-electron chi connectivity index (χ2n) is 5.16. The van der Waals surface area contributed by atoms with Crippen molar-refractivity contribution in [2.75, 3.05) is 13.2 Å². The van der Waals surface area contributed by atoms with E-state index in [1.54, 1.807) is 0 Å². The molecule has 0 fully saturated rings. The maximum absolute atomic E-state index is 6.14. The summed E-state index contributed by atoms with van der Waals surface area (Å²) in [5, 5.41) is 0. The first-order chi connectivity index (χ1) is 7.62. The molecule has 0 aromatic heterocycles. The van der Waals surface area contributed by atoms with Crippen LogP contribution < -0.4 is 5.73 Å². The van der Waals surface area contributed by atoms with E-state index in [1.165, 1.54) is 44.9 Å². The van der Waals surface area contributed by atoms with Crippen molar-refractivity contribution in [1.29, 1.82) is 0 Å². The van der Waals surface area contributed by atoms with E-state index in [1.807, 2.05) is 6.92 Å². The van der Waals surface area contributed by atoms with Crippen LogP contribution in [0.15, 0.2) is 0 Å². The lowest BCUT2D eigenvalue weighted by Crippen LogP contribution is -2.41. The monoisotopic (exact) mass is 229 g/mol. The maximum atomic E-state index is 6.14. The first-order valence-corrected chi connectivity index (χ1v) is 6.99. The lowest BCUT2D eigenvalue weighted by molar-refractivity contribution is 0.0964. The topological polar surface area (TPSA) is 35.2 Å². The number of ether oxygens (including phenoxy) is 1. The minimum atomic E-state index is -0.126. The fourth-order valence-corrected chi connectivity index (χ4v) is 1.89. The molecule has 0 saturated carbocycles. The van der Waals surface area contributed by atoms with Gasteiger partial charge in [0.05, 0.1) is 6.61 Å². The molecule has 2 nitrogen and oxygen atoms in total. The molecular formula is C14H31NO. The molecule has 0 aromatic carbocycles. The van der Waals surface area contributed by atoms with Gasteiger partial charge >= 0.3 is 0 Å². The van der Waals surface area contributed by atoms with Crippen LogP contribution in [-0.2, 0) is 4.74 Å².